The first-order valence-corrected chi connectivity index (χ1v) is 11.6. The van der Waals surface area contributed by atoms with Crippen LogP contribution in [0.1, 0.15) is 5.69 Å². The Labute approximate surface area is 179 Å². The summed E-state index contributed by atoms with van der Waals surface area (Å²) in [6.45, 7) is 1.63. The molecule has 0 aliphatic rings. The van der Waals surface area contributed by atoms with Gasteiger partial charge in [-0.1, -0.05) is 0 Å². The highest BCUT2D eigenvalue weighted by Crippen LogP contribution is 2.23. The summed E-state index contributed by atoms with van der Waals surface area (Å²) in [5.74, 6) is 0.0560. The van der Waals surface area contributed by atoms with Crippen molar-refractivity contribution in [2.45, 2.75) is 16.7 Å². The molecular formula is C17H20N6O6S2. The van der Waals surface area contributed by atoms with Crippen LogP contribution >= 0.6 is 0 Å². The molecule has 2 heterocycles. The molecule has 0 saturated carbocycles. The smallest absolute Gasteiger partial charge is 0.321 e. The minimum atomic E-state index is -4.02. The van der Waals surface area contributed by atoms with Gasteiger partial charge < -0.3 is 9.47 Å². The summed E-state index contributed by atoms with van der Waals surface area (Å²) in [5.41, 5.74) is 0.652. The van der Waals surface area contributed by atoms with Gasteiger partial charge in [0.25, 0.3) is 20.0 Å². The van der Waals surface area contributed by atoms with Crippen LogP contribution in [0.4, 0.5) is 11.5 Å². The Kier molecular flexibility index (Phi) is 6.03. The van der Waals surface area contributed by atoms with Crippen molar-refractivity contribution in [2.24, 2.45) is 7.05 Å². The fourth-order valence-corrected chi connectivity index (χ4v) is 4.76. The van der Waals surface area contributed by atoms with Gasteiger partial charge in [-0.2, -0.15) is 15.1 Å². The fraction of sp³-hybridized carbons (Fsp3) is 0.235. The largest absolute Gasteiger partial charge is 0.481 e. The molecule has 3 rings (SSSR count). The van der Waals surface area contributed by atoms with Crippen LogP contribution in [0, 0.1) is 6.92 Å². The van der Waals surface area contributed by atoms with Crippen molar-refractivity contribution in [3.8, 4) is 11.9 Å². The van der Waals surface area contributed by atoms with Gasteiger partial charge in [0, 0.05) is 18.8 Å². The summed E-state index contributed by atoms with van der Waals surface area (Å²) in [6.07, 6.45) is 1.24. The molecule has 0 unspecified atom stereocenters. The lowest BCUT2D eigenvalue weighted by Crippen LogP contribution is -2.16. The Hall–Kier alpha value is -3.39. The third kappa shape index (κ3) is 4.86. The molecule has 0 amide bonds. The second-order valence-electron chi connectivity index (χ2n) is 6.24. The topological polar surface area (TPSA) is 154 Å². The number of rotatable bonds is 8. The molecule has 2 N–H and O–H groups in total. The normalized spacial score (nSPS) is 11.7. The Morgan fingerprint density at radius 2 is 1.61 bits per heavy atom. The molecule has 3 aromatic rings. The Bertz CT molecular complexity index is 1280. The zero-order chi connectivity index (χ0) is 22.8. The van der Waals surface area contributed by atoms with Crippen LogP contribution in [-0.2, 0) is 27.1 Å². The Morgan fingerprint density at radius 1 is 0.935 bits per heavy atom. The second-order valence-corrected chi connectivity index (χ2v) is 9.57. The monoisotopic (exact) mass is 468 g/mol. The molecular weight excluding hydrogens is 448 g/mol. The van der Waals surface area contributed by atoms with Crippen molar-refractivity contribution < 1.29 is 26.3 Å². The summed E-state index contributed by atoms with van der Waals surface area (Å²) in [5, 5.41) is 3.92. The Morgan fingerprint density at radius 3 is 2.16 bits per heavy atom. The number of nitrogens with zero attached hydrogens (tertiary/aromatic N) is 4. The molecule has 14 heteroatoms. The zero-order valence-electron chi connectivity index (χ0n) is 17.0. The highest BCUT2D eigenvalue weighted by molar-refractivity contribution is 7.93. The van der Waals surface area contributed by atoms with Crippen LogP contribution in [0.5, 0.6) is 11.9 Å². The third-order valence-corrected chi connectivity index (χ3v) is 7.06. The van der Waals surface area contributed by atoms with Gasteiger partial charge in [0.05, 0.1) is 31.0 Å². The number of hydrogen-bond donors (Lipinski definition) is 2. The number of sulfonamides is 2. The van der Waals surface area contributed by atoms with E-state index in [0.29, 0.717) is 5.69 Å². The van der Waals surface area contributed by atoms with E-state index in [1.54, 1.807) is 14.0 Å². The van der Waals surface area contributed by atoms with Gasteiger partial charge in [0.1, 0.15) is 4.90 Å². The number of benzene rings is 1. The van der Waals surface area contributed by atoms with Crippen molar-refractivity contribution in [1.82, 2.24) is 19.7 Å². The van der Waals surface area contributed by atoms with Crippen molar-refractivity contribution in [1.29, 1.82) is 0 Å². The maximum absolute atomic E-state index is 12.7. The molecule has 1 aromatic carbocycles. The van der Waals surface area contributed by atoms with Gasteiger partial charge in [-0.25, -0.2) is 16.8 Å². The molecule has 166 valence electrons. The lowest BCUT2D eigenvalue weighted by molar-refractivity contribution is 0.353. The molecule has 0 fully saturated rings. The molecule has 0 aliphatic heterocycles. The number of anilines is 2. The summed E-state index contributed by atoms with van der Waals surface area (Å²) < 4.78 is 66.5. The Balaban J connectivity index is 1.81. The predicted octanol–water partition coefficient (Wildman–Crippen LogP) is 1.14. The molecule has 0 bridgehead atoms. The van der Waals surface area contributed by atoms with Gasteiger partial charge in [0.2, 0.25) is 5.88 Å². The van der Waals surface area contributed by atoms with Crippen molar-refractivity contribution >= 4 is 31.6 Å². The zero-order valence-corrected chi connectivity index (χ0v) is 18.7. The first-order chi connectivity index (χ1) is 14.6. The quantitative estimate of drug-likeness (QED) is 0.495. The van der Waals surface area contributed by atoms with E-state index in [9.17, 15) is 16.8 Å². The average Bonchev–Trinajstić information content (AvgIpc) is 3.06. The maximum Gasteiger partial charge on any atom is 0.321 e. The molecule has 0 radical (unpaired) electrons. The molecule has 0 aliphatic carbocycles. The molecule has 0 saturated heterocycles. The van der Waals surface area contributed by atoms with Crippen molar-refractivity contribution in [3.63, 3.8) is 0 Å². The maximum atomic E-state index is 12.7. The van der Waals surface area contributed by atoms with E-state index in [-0.39, 0.29) is 33.2 Å². The minimum absolute atomic E-state index is 0.0278. The first kappa shape index (κ1) is 22.3. The second kappa shape index (κ2) is 8.39. The predicted molar refractivity (Wildman–Crippen MR) is 111 cm³/mol. The van der Waals surface area contributed by atoms with E-state index in [2.05, 4.69) is 24.5 Å². The molecule has 31 heavy (non-hydrogen) atoms. The average molecular weight is 469 g/mol. The van der Waals surface area contributed by atoms with Gasteiger partial charge >= 0.3 is 6.01 Å². The van der Waals surface area contributed by atoms with Gasteiger partial charge in [-0.3, -0.25) is 14.1 Å². The third-order valence-electron chi connectivity index (χ3n) is 4.21. The lowest BCUT2D eigenvalue weighted by Gasteiger charge is -2.11. The van der Waals surface area contributed by atoms with E-state index in [1.165, 1.54) is 55.4 Å². The minimum Gasteiger partial charge on any atom is -0.481 e. The number of aryl methyl sites for hydroxylation is 1. The number of ether oxygens (including phenoxy) is 2. The summed E-state index contributed by atoms with van der Waals surface area (Å²) in [4.78, 5) is 7.73. The van der Waals surface area contributed by atoms with Crippen LogP contribution in [-0.4, -0.2) is 50.8 Å². The number of aromatic nitrogens is 4. The fourth-order valence-electron chi connectivity index (χ4n) is 2.50. The van der Waals surface area contributed by atoms with Gasteiger partial charge in [-0.05, 0) is 31.2 Å². The lowest BCUT2D eigenvalue weighted by atomic mass is 10.3. The standard InChI is InChI=1S/C17H20N6O6S2/c1-11-14(10-18-23(11)2)31(26,27)21-12-5-7-13(8-6-12)30(24,25)22-15-9-16(28-3)20-17(19-15)29-4/h5-10,21H,1-4H3,(H,19,20,22). The summed E-state index contributed by atoms with van der Waals surface area (Å²) in [7, 11) is -3.57. The van der Waals surface area contributed by atoms with E-state index in [4.69, 9.17) is 9.47 Å². The first-order valence-electron chi connectivity index (χ1n) is 8.67. The van der Waals surface area contributed by atoms with Crippen LogP contribution in [0.2, 0.25) is 0 Å². The highest BCUT2D eigenvalue weighted by atomic mass is 32.2. The van der Waals surface area contributed by atoms with Crippen LogP contribution in [0.3, 0.4) is 0 Å². The van der Waals surface area contributed by atoms with Crippen LogP contribution < -0.4 is 18.9 Å². The van der Waals surface area contributed by atoms with Crippen molar-refractivity contribution in [3.05, 3.63) is 42.2 Å². The highest BCUT2D eigenvalue weighted by Gasteiger charge is 2.21. The number of methoxy groups -OCH3 is 2. The van der Waals surface area contributed by atoms with Crippen LogP contribution in [0.25, 0.3) is 0 Å². The van der Waals surface area contributed by atoms with E-state index in [0.717, 1.165) is 0 Å². The van der Waals surface area contributed by atoms with Crippen molar-refractivity contribution in [2.75, 3.05) is 23.7 Å². The van der Waals surface area contributed by atoms with E-state index in [1.807, 2.05) is 0 Å². The summed E-state index contributed by atoms with van der Waals surface area (Å²) >= 11 is 0. The van der Waals surface area contributed by atoms with E-state index < -0.39 is 20.0 Å². The molecule has 12 nitrogen and oxygen atoms in total. The molecule has 2 aromatic heterocycles. The van der Waals surface area contributed by atoms with E-state index >= 15 is 0 Å². The van der Waals surface area contributed by atoms with Crippen LogP contribution in [0.15, 0.2) is 46.3 Å². The van der Waals surface area contributed by atoms with Gasteiger partial charge in [-0.15, -0.1) is 0 Å². The molecule has 0 spiro atoms. The number of hydrogen-bond acceptors (Lipinski definition) is 9. The summed E-state index contributed by atoms with van der Waals surface area (Å²) in [6, 6.07) is 6.39. The molecule has 0 atom stereocenters. The SMILES string of the molecule is COc1cc(NS(=O)(=O)c2ccc(NS(=O)(=O)c3cnn(C)c3C)cc2)nc(OC)n1. The number of nitrogens with one attached hydrogen (secondary N) is 2. The van der Waals surface area contributed by atoms with Gasteiger partial charge in [0.15, 0.2) is 5.82 Å².